The minimum Gasteiger partial charge on any atom is -0.354 e. The van der Waals surface area contributed by atoms with E-state index in [1.165, 1.54) is 0 Å². The third-order valence-corrected chi connectivity index (χ3v) is 5.64. The van der Waals surface area contributed by atoms with Crippen molar-refractivity contribution in [3.05, 3.63) is 70.2 Å². The highest BCUT2D eigenvalue weighted by Gasteiger charge is 2.21. The average molecular weight is 492 g/mol. The van der Waals surface area contributed by atoms with Crippen LogP contribution in [0.5, 0.6) is 0 Å². The van der Waals surface area contributed by atoms with Crippen LogP contribution in [0, 0.1) is 0 Å². The Labute approximate surface area is 189 Å². The lowest BCUT2D eigenvalue weighted by atomic mass is 10.1. The third kappa shape index (κ3) is 8.20. The molecule has 3 N–H and O–H groups in total. The van der Waals surface area contributed by atoms with E-state index in [-0.39, 0.29) is 17.7 Å². The molecule has 0 aliphatic rings. The summed E-state index contributed by atoms with van der Waals surface area (Å²) in [5.41, 5.74) is 1.42. The Kier molecular flexibility index (Phi) is 10.4. The molecule has 0 radical (unpaired) electrons. The molecule has 1 atom stereocenters. The van der Waals surface area contributed by atoms with Crippen LogP contribution >= 0.6 is 27.7 Å². The number of rotatable bonds is 11. The lowest BCUT2D eigenvalue weighted by molar-refractivity contribution is -0.123. The maximum atomic E-state index is 12.6. The first-order valence-electron chi connectivity index (χ1n) is 9.64. The van der Waals surface area contributed by atoms with E-state index in [9.17, 15) is 14.4 Å². The average Bonchev–Trinajstić information content (AvgIpc) is 2.75. The second-order valence-electron chi connectivity index (χ2n) is 6.59. The molecule has 160 valence electrons. The van der Waals surface area contributed by atoms with Gasteiger partial charge in [-0.3, -0.25) is 14.4 Å². The van der Waals surface area contributed by atoms with E-state index in [1.54, 1.807) is 30.0 Å². The number of hydrogen-bond donors (Lipinski definition) is 3. The third-order valence-electron chi connectivity index (χ3n) is 4.30. The Bertz CT molecular complexity index is 849. The molecular weight excluding hydrogens is 466 g/mol. The summed E-state index contributed by atoms with van der Waals surface area (Å²) in [6.07, 6.45) is 2.77. The molecular formula is C22H26BrN3O3S. The van der Waals surface area contributed by atoms with Gasteiger partial charge in [0.15, 0.2) is 0 Å². The van der Waals surface area contributed by atoms with Gasteiger partial charge in [0, 0.05) is 17.6 Å². The molecule has 0 heterocycles. The van der Waals surface area contributed by atoms with Gasteiger partial charge in [0.2, 0.25) is 11.8 Å². The van der Waals surface area contributed by atoms with E-state index < -0.39 is 6.04 Å². The van der Waals surface area contributed by atoms with E-state index in [4.69, 9.17) is 0 Å². The minimum atomic E-state index is -0.642. The van der Waals surface area contributed by atoms with E-state index >= 15 is 0 Å². The molecule has 0 fully saturated rings. The van der Waals surface area contributed by atoms with Gasteiger partial charge in [-0.1, -0.05) is 42.5 Å². The van der Waals surface area contributed by atoms with Crippen molar-refractivity contribution in [2.45, 2.75) is 18.9 Å². The van der Waals surface area contributed by atoms with Gasteiger partial charge in [0.05, 0.1) is 12.0 Å². The molecule has 0 saturated heterocycles. The molecule has 6 nitrogen and oxygen atoms in total. The van der Waals surface area contributed by atoms with E-state index in [1.807, 2.05) is 42.7 Å². The zero-order valence-electron chi connectivity index (χ0n) is 16.8. The highest BCUT2D eigenvalue weighted by Crippen LogP contribution is 2.16. The highest BCUT2D eigenvalue weighted by molar-refractivity contribution is 9.10. The minimum absolute atomic E-state index is 0.100. The monoisotopic (exact) mass is 491 g/mol. The first-order valence-corrected chi connectivity index (χ1v) is 11.8. The van der Waals surface area contributed by atoms with E-state index in [2.05, 4.69) is 31.9 Å². The van der Waals surface area contributed by atoms with Crippen LogP contribution in [0.4, 0.5) is 0 Å². The molecule has 0 aromatic heterocycles. The lowest BCUT2D eigenvalue weighted by Gasteiger charge is -2.18. The topological polar surface area (TPSA) is 87.3 Å². The predicted molar refractivity (Wildman–Crippen MR) is 125 cm³/mol. The molecule has 0 aliphatic carbocycles. The van der Waals surface area contributed by atoms with Gasteiger partial charge in [-0.2, -0.15) is 11.8 Å². The second-order valence-corrected chi connectivity index (χ2v) is 8.43. The molecule has 8 heteroatoms. The summed E-state index contributed by atoms with van der Waals surface area (Å²) in [6.45, 7) is 0.616. The summed E-state index contributed by atoms with van der Waals surface area (Å²) in [5, 5.41) is 8.39. The smallest absolute Gasteiger partial charge is 0.253 e. The van der Waals surface area contributed by atoms with Crippen molar-refractivity contribution in [1.82, 2.24) is 16.0 Å². The molecule has 0 bridgehead atoms. The normalized spacial score (nSPS) is 11.4. The van der Waals surface area contributed by atoms with Crippen molar-refractivity contribution in [3.63, 3.8) is 0 Å². The van der Waals surface area contributed by atoms with E-state index in [0.717, 1.165) is 11.3 Å². The fraction of sp³-hybridized carbons (Fsp3) is 0.318. The fourth-order valence-corrected chi connectivity index (χ4v) is 3.68. The summed E-state index contributed by atoms with van der Waals surface area (Å²) < 4.78 is 0.674. The van der Waals surface area contributed by atoms with Gasteiger partial charge >= 0.3 is 0 Å². The zero-order valence-corrected chi connectivity index (χ0v) is 19.2. The largest absolute Gasteiger partial charge is 0.354 e. The van der Waals surface area contributed by atoms with E-state index in [0.29, 0.717) is 36.0 Å². The Morgan fingerprint density at radius 2 is 1.63 bits per heavy atom. The highest BCUT2D eigenvalue weighted by atomic mass is 79.9. The predicted octanol–water partition coefficient (Wildman–Crippen LogP) is 2.78. The summed E-state index contributed by atoms with van der Waals surface area (Å²) in [5.74, 6) is 0.0700. The molecule has 30 heavy (non-hydrogen) atoms. The van der Waals surface area contributed by atoms with Crippen LogP contribution in [-0.2, 0) is 16.0 Å². The van der Waals surface area contributed by atoms with Gasteiger partial charge in [0.25, 0.3) is 5.91 Å². The number of thioether (sulfide) groups is 1. The molecule has 0 aliphatic heterocycles. The number of benzene rings is 2. The standard InChI is InChI=1S/C22H26BrN3O3S/c1-30-14-11-19(26-21(28)17-9-5-6-10-18(17)23)22(29)25-13-12-24-20(27)15-16-7-3-2-4-8-16/h2-10,19H,11-15H2,1H3,(H,24,27)(H,25,29)(H,26,28). The summed E-state index contributed by atoms with van der Waals surface area (Å²) in [6, 6.07) is 15.9. The maximum absolute atomic E-state index is 12.6. The van der Waals surface area contributed by atoms with Crippen LogP contribution in [0.3, 0.4) is 0 Å². The van der Waals surface area contributed by atoms with Crippen molar-refractivity contribution in [3.8, 4) is 0 Å². The molecule has 0 saturated carbocycles. The summed E-state index contributed by atoms with van der Waals surface area (Å²) in [4.78, 5) is 37.1. The Balaban J connectivity index is 1.80. The Morgan fingerprint density at radius 3 is 2.33 bits per heavy atom. The van der Waals surface area contributed by atoms with Gasteiger partial charge in [-0.25, -0.2) is 0 Å². The van der Waals surface area contributed by atoms with Gasteiger partial charge in [-0.05, 0) is 52.1 Å². The molecule has 2 rings (SSSR count). The molecule has 1 unspecified atom stereocenters. The molecule has 3 amide bonds. The maximum Gasteiger partial charge on any atom is 0.253 e. The van der Waals surface area contributed by atoms with Crippen LogP contribution in [-0.4, -0.2) is 48.9 Å². The quantitative estimate of drug-likeness (QED) is 0.421. The number of carbonyl (C=O) groups excluding carboxylic acids is 3. The van der Waals surface area contributed by atoms with Crippen LogP contribution in [0.1, 0.15) is 22.3 Å². The van der Waals surface area contributed by atoms with Crippen LogP contribution in [0.15, 0.2) is 59.1 Å². The fourth-order valence-electron chi connectivity index (χ4n) is 2.74. The first-order chi connectivity index (χ1) is 14.5. The van der Waals surface area contributed by atoms with Crippen molar-refractivity contribution >= 4 is 45.4 Å². The second kappa shape index (κ2) is 13.1. The van der Waals surface area contributed by atoms with Gasteiger partial charge < -0.3 is 16.0 Å². The Hall–Kier alpha value is -2.32. The van der Waals surface area contributed by atoms with Crippen molar-refractivity contribution in [1.29, 1.82) is 0 Å². The number of amides is 3. The van der Waals surface area contributed by atoms with Crippen LogP contribution in [0.2, 0.25) is 0 Å². The summed E-state index contributed by atoms with van der Waals surface area (Å²) >= 11 is 4.97. The molecule has 0 spiro atoms. The van der Waals surface area contributed by atoms with Crippen molar-refractivity contribution in [2.24, 2.45) is 0 Å². The lowest BCUT2D eigenvalue weighted by Crippen LogP contribution is -2.48. The zero-order chi connectivity index (χ0) is 21.8. The number of carbonyl (C=O) groups is 3. The molecule has 2 aromatic carbocycles. The van der Waals surface area contributed by atoms with Crippen LogP contribution < -0.4 is 16.0 Å². The SMILES string of the molecule is CSCCC(NC(=O)c1ccccc1Br)C(=O)NCCNC(=O)Cc1ccccc1. The number of halogens is 1. The van der Waals surface area contributed by atoms with Gasteiger partial charge in [-0.15, -0.1) is 0 Å². The Morgan fingerprint density at radius 1 is 0.967 bits per heavy atom. The first kappa shape index (κ1) is 24.0. The van der Waals surface area contributed by atoms with Gasteiger partial charge in [0.1, 0.15) is 6.04 Å². The summed E-state index contributed by atoms with van der Waals surface area (Å²) in [7, 11) is 0. The number of hydrogen-bond acceptors (Lipinski definition) is 4. The van der Waals surface area contributed by atoms with Crippen molar-refractivity contribution < 1.29 is 14.4 Å². The van der Waals surface area contributed by atoms with Crippen LogP contribution in [0.25, 0.3) is 0 Å². The number of nitrogens with one attached hydrogen (secondary N) is 3. The van der Waals surface area contributed by atoms with Crippen molar-refractivity contribution in [2.75, 3.05) is 25.1 Å². The molecule has 2 aromatic rings.